The molecule has 0 radical (unpaired) electrons. The minimum Gasteiger partial charge on any atom is -0.346 e. The molecule has 2 atom stereocenters. The summed E-state index contributed by atoms with van der Waals surface area (Å²) in [5.41, 5.74) is 3.98. The smallest absolute Gasteiger partial charge is 0.258 e. The van der Waals surface area contributed by atoms with E-state index in [1.165, 1.54) is 17.1 Å². The zero-order valence-electron chi connectivity index (χ0n) is 19.6. The summed E-state index contributed by atoms with van der Waals surface area (Å²) in [5.74, 6) is 0.378. The van der Waals surface area contributed by atoms with Gasteiger partial charge in [-0.3, -0.25) is 14.3 Å². The van der Waals surface area contributed by atoms with Gasteiger partial charge in [0.2, 0.25) is 0 Å². The molecule has 178 valence electrons. The van der Waals surface area contributed by atoms with Crippen LogP contribution in [0, 0.1) is 5.92 Å². The van der Waals surface area contributed by atoms with Crippen LogP contribution < -0.4 is 5.32 Å². The summed E-state index contributed by atoms with van der Waals surface area (Å²) in [6.45, 7) is 0. The van der Waals surface area contributed by atoms with E-state index in [1.54, 1.807) is 24.0 Å². The summed E-state index contributed by atoms with van der Waals surface area (Å²) >= 11 is 0. The normalized spacial score (nSPS) is 21.4. The van der Waals surface area contributed by atoms with E-state index < -0.39 is 0 Å². The Kier molecular flexibility index (Phi) is 5.36. The molecular formula is C27H28N6O2. The standard InChI is InChI=1S/C27H28N6O2/c1-32-16-20(15-30-32)26(34)31-21-4-2-3-19(14-21)27(35)33-22-5-6-23(33)13-17(12-22)11-18-7-9-28-25-24(18)8-10-29-25/h2-4,7-10,14-17,22-23H,5-6,11-13H2,1H3,(H,28,29)(H,31,34). The van der Waals surface area contributed by atoms with Crippen molar-refractivity contribution in [2.45, 2.75) is 44.2 Å². The van der Waals surface area contributed by atoms with E-state index >= 15 is 0 Å². The van der Waals surface area contributed by atoms with Gasteiger partial charge in [-0.1, -0.05) is 6.07 Å². The predicted molar refractivity (Wildman–Crippen MR) is 133 cm³/mol. The lowest BCUT2D eigenvalue weighted by Crippen LogP contribution is -2.46. The largest absolute Gasteiger partial charge is 0.346 e. The van der Waals surface area contributed by atoms with Gasteiger partial charge in [0.05, 0.1) is 11.8 Å². The number of carbonyl (C=O) groups excluding carboxylic acids is 2. The number of aromatic nitrogens is 4. The van der Waals surface area contributed by atoms with Crippen LogP contribution in [0.2, 0.25) is 0 Å². The highest BCUT2D eigenvalue weighted by molar-refractivity contribution is 6.05. The number of benzene rings is 1. The first kappa shape index (κ1) is 21.6. The van der Waals surface area contributed by atoms with Crippen LogP contribution in [0.3, 0.4) is 0 Å². The molecule has 2 bridgehead atoms. The first-order valence-electron chi connectivity index (χ1n) is 12.2. The third-order valence-electron chi connectivity index (χ3n) is 7.46. The average Bonchev–Trinajstić information content (AvgIpc) is 3.57. The van der Waals surface area contributed by atoms with Crippen LogP contribution in [-0.4, -0.2) is 48.5 Å². The summed E-state index contributed by atoms with van der Waals surface area (Å²) < 4.78 is 1.59. The van der Waals surface area contributed by atoms with Gasteiger partial charge in [0.15, 0.2) is 0 Å². The van der Waals surface area contributed by atoms with Crippen molar-refractivity contribution in [2.75, 3.05) is 5.32 Å². The topological polar surface area (TPSA) is 95.9 Å². The lowest BCUT2D eigenvalue weighted by atomic mass is 9.85. The van der Waals surface area contributed by atoms with Gasteiger partial charge in [-0.25, -0.2) is 4.98 Å². The van der Waals surface area contributed by atoms with Crippen molar-refractivity contribution in [2.24, 2.45) is 13.0 Å². The van der Waals surface area contributed by atoms with Crippen LogP contribution in [0.15, 0.2) is 61.2 Å². The molecule has 1 aromatic carbocycles. The molecule has 0 spiro atoms. The molecule has 2 aliphatic rings. The minimum atomic E-state index is -0.240. The average molecular weight is 469 g/mol. The van der Waals surface area contributed by atoms with E-state index in [9.17, 15) is 9.59 Å². The number of nitrogens with zero attached hydrogens (tertiary/aromatic N) is 4. The molecule has 8 heteroatoms. The number of amides is 2. The zero-order chi connectivity index (χ0) is 23.9. The van der Waals surface area contributed by atoms with E-state index in [0.717, 1.165) is 37.8 Å². The second kappa shape index (κ2) is 8.69. The van der Waals surface area contributed by atoms with E-state index in [4.69, 9.17) is 0 Å². The molecule has 0 saturated carbocycles. The van der Waals surface area contributed by atoms with Crippen molar-refractivity contribution < 1.29 is 9.59 Å². The van der Waals surface area contributed by atoms with Crippen molar-refractivity contribution in [1.82, 2.24) is 24.6 Å². The van der Waals surface area contributed by atoms with E-state index in [1.807, 2.05) is 30.6 Å². The zero-order valence-corrected chi connectivity index (χ0v) is 19.6. The molecule has 4 aromatic rings. The summed E-state index contributed by atoms with van der Waals surface area (Å²) in [5, 5.41) is 8.13. The van der Waals surface area contributed by atoms with Crippen molar-refractivity contribution in [1.29, 1.82) is 0 Å². The summed E-state index contributed by atoms with van der Waals surface area (Å²) in [7, 11) is 1.77. The van der Waals surface area contributed by atoms with Crippen LogP contribution in [0.25, 0.3) is 11.0 Å². The lowest BCUT2D eigenvalue weighted by molar-refractivity contribution is 0.0524. The van der Waals surface area contributed by atoms with Gasteiger partial charge in [-0.15, -0.1) is 0 Å². The molecule has 2 saturated heterocycles. The third-order valence-corrected chi connectivity index (χ3v) is 7.46. The Morgan fingerprint density at radius 1 is 1.11 bits per heavy atom. The third kappa shape index (κ3) is 4.09. The van der Waals surface area contributed by atoms with Gasteiger partial charge in [0.1, 0.15) is 5.65 Å². The highest BCUT2D eigenvalue weighted by Gasteiger charge is 2.43. The van der Waals surface area contributed by atoms with Crippen molar-refractivity contribution >= 4 is 28.5 Å². The number of H-pyrrole nitrogens is 1. The Morgan fingerprint density at radius 3 is 2.71 bits per heavy atom. The number of pyridine rings is 1. The number of carbonyl (C=O) groups is 2. The quantitative estimate of drug-likeness (QED) is 0.459. The number of hydrogen-bond acceptors (Lipinski definition) is 4. The number of aromatic amines is 1. The molecule has 2 aliphatic heterocycles. The molecule has 3 aromatic heterocycles. The van der Waals surface area contributed by atoms with Crippen LogP contribution in [-0.2, 0) is 13.5 Å². The fourth-order valence-corrected chi connectivity index (χ4v) is 5.92. The SMILES string of the molecule is Cn1cc(C(=O)Nc2cccc(C(=O)N3C4CCC3CC(Cc3ccnc5[nH]ccc35)C4)c2)cn1. The first-order chi connectivity index (χ1) is 17.0. The van der Waals surface area contributed by atoms with Gasteiger partial charge in [-0.2, -0.15) is 5.10 Å². The molecule has 8 nitrogen and oxygen atoms in total. The number of rotatable bonds is 5. The van der Waals surface area contributed by atoms with E-state index in [2.05, 4.69) is 37.4 Å². The predicted octanol–water partition coefficient (Wildman–Crippen LogP) is 4.17. The number of aryl methyl sites for hydroxylation is 1. The Labute approximate surface area is 203 Å². The fraction of sp³-hybridized carbons (Fsp3) is 0.333. The Morgan fingerprint density at radius 2 is 1.94 bits per heavy atom. The lowest BCUT2D eigenvalue weighted by Gasteiger charge is -2.39. The van der Waals surface area contributed by atoms with Crippen molar-refractivity contribution in [3.05, 3.63) is 77.9 Å². The van der Waals surface area contributed by atoms with Crippen LogP contribution in [0.5, 0.6) is 0 Å². The molecule has 2 unspecified atom stereocenters. The summed E-state index contributed by atoms with van der Waals surface area (Å²) in [6, 6.07) is 12.0. The summed E-state index contributed by atoms with van der Waals surface area (Å²) in [4.78, 5) is 35.8. The van der Waals surface area contributed by atoms with Gasteiger partial charge >= 0.3 is 0 Å². The highest BCUT2D eigenvalue weighted by atomic mass is 16.2. The Hall–Kier alpha value is -3.94. The molecular weight excluding hydrogens is 440 g/mol. The van der Waals surface area contributed by atoms with Crippen molar-refractivity contribution in [3.63, 3.8) is 0 Å². The molecule has 2 fully saturated rings. The maximum atomic E-state index is 13.6. The fourth-order valence-electron chi connectivity index (χ4n) is 5.92. The van der Waals surface area contributed by atoms with Gasteiger partial charge in [0.25, 0.3) is 11.8 Å². The van der Waals surface area contributed by atoms with E-state index in [-0.39, 0.29) is 23.9 Å². The minimum absolute atomic E-state index is 0.0605. The molecule has 2 amide bonds. The van der Waals surface area contributed by atoms with Gasteiger partial charge in [-0.05, 0) is 73.9 Å². The highest BCUT2D eigenvalue weighted by Crippen LogP contribution is 2.41. The number of fused-ring (bicyclic) bond motifs is 3. The molecule has 35 heavy (non-hydrogen) atoms. The first-order valence-corrected chi connectivity index (χ1v) is 12.2. The van der Waals surface area contributed by atoms with Crippen LogP contribution in [0.1, 0.15) is 52.0 Å². The molecule has 5 heterocycles. The van der Waals surface area contributed by atoms with Gasteiger partial charge in [0, 0.05) is 54.4 Å². The molecule has 0 aliphatic carbocycles. The van der Waals surface area contributed by atoms with Crippen LogP contribution in [0.4, 0.5) is 5.69 Å². The van der Waals surface area contributed by atoms with Crippen LogP contribution >= 0.6 is 0 Å². The molecule has 2 N–H and O–H groups in total. The molecule has 6 rings (SSSR count). The number of hydrogen-bond donors (Lipinski definition) is 2. The summed E-state index contributed by atoms with van der Waals surface area (Å²) in [6.07, 6.45) is 12.2. The Balaban J connectivity index is 1.15. The number of piperidine rings is 1. The second-order valence-corrected chi connectivity index (χ2v) is 9.79. The number of nitrogens with one attached hydrogen (secondary N) is 2. The second-order valence-electron chi connectivity index (χ2n) is 9.79. The number of anilines is 1. The van der Waals surface area contributed by atoms with E-state index in [0.29, 0.717) is 22.7 Å². The Bertz CT molecular complexity index is 1390. The maximum Gasteiger partial charge on any atom is 0.258 e. The van der Waals surface area contributed by atoms with Gasteiger partial charge < -0.3 is 15.2 Å². The monoisotopic (exact) mass is 468 g/mol. The van der Waals surface area contributed by atoms with Crippen molar-refractivity contribution in [3.8, 4) is 0 Å². The maximum absolute atomic E-state index is 13.6.